The van der Waals surface area contributed by atoms with E-state index in [1.54, 1.807) is 17.0 Å². The van der Waals surface area contributed by atoms with Gasteiger partial charge >= 0.3 is 0 Å². The topological polar surface area (TPSA) is 66.6 Å². The van der Waals surface area contributed by atoms with Crippen molar-refractivity contribution in [2.24, 2.45) is 5.92 Å². The molecule has 6 heteroatoms. The molecule has 1 unspecified atom stereocenters. The number of benzene rings is 1. The van der Waals surface area contributed by atoms with E-state index in [1.807, 2.05) is 0 Å². The third kappa shape index (κ3) is 2.49. The Bertz CT molecular complexity index is 686. The molecular formula is C15H17FN2O2S. The molecule has 0 radical (unpaired) electrons. The first-order valence-corrected chi connectivity index (χ1v) is 7.80. The number of aliphatic hydroxyl groups excluding tert-OH is 1. The predicted molar refractivity (Wildman–Crippen MR) is 81.9 cm³/mol. The zero-order valence-electron chi connectivity index (χ0n) is 11.5. The number of fused-ring (bicyclic) bond motifs is 1. The zero-order valence-corrected chi connectivity index (χ0v) is 12.3. The van der Waals surface area contributed by atoms with Crippen LogP contribution in [0.15, 0.2) is 18.2 Å². The number of nitrogens with zero attached hydrogens (tertiary/aromatic N) is 1. The standard InChI is InChI=1S/C15H17FN2O2S/c16-10-4-1-5-11-12(10)13(17)14(21-11)15(20)18-6-2-3-9(7-18)8-19/h1,4-5,9,19H,2-3,6-8,17H2. The number of likely N-dealkylation sites (tertiary alicyclic amines) is 1. The molecule has 0 aliphatic carbocycles. The van der Waals surface area contributed by atoms with Crippen molar-refractivity contribution >= 4 is 33.0 Å². The van der Waals surface area contributed by atoms with E-state index in [-0.39, 0.29) is 24.1 Å². The summed E-state index contributed by atoms with van der Waals surface area (Å²) in [5.74, 6) is -0.437. The number of anilines is 1. The Morgan fingerprint density at radius 1 is 1.52 bits per heavy atom. The summed E-state index contributed by atoms with van der Waals surface area (Å²) in [6.45, 7) is 1.28. The van der Waals surface area contributed by atoms with Crippen LogP contribution in [0, 0.1) is 11.7 Å². The first-order valence-electron chi connectivity index (χ1n) is 6.98. The highest BCUT2D eigenvalue weighted by atomic mass is 32.1. The van der Waals surface area contributed by atoms with E-state index in [0.717, 1.165) is 12.8 Å². The fraction of sp³-hybridized carbons (Fsp3) is 0.400. The van der Waals surface area contributed by atoms with Gasteiger partial charge in [-0.25, -0.2) is 4.39 Å². The van der Waals surface area contributed by atoms with Crippen LogP contribution < -0.4 is 5.73 Å². The molecular weight excluding hydrogens is 291 g/mol. The van der Waals surface area contributed by atoms with Gasteiger partial charge in [0, 0.05) is 24.4 Å². The number of piperidine rings is 1. The molecule has 1 amide bonds. The van der Waals surface area contributed by atoms with Gasteiger partial charge in [0.1, 0.15) is 10.7 Å². The van der Waals surface area contributed by atoms with Gasteiger partial charge in [0.25, 0.3) is 5.91 Å². The molecule has 1 aromatic carbocycles. The number of rotatable bonds is 2. The van der Waals surface area contributed by atoms with Crippen LogP contribution in [-0.4, -0.2) is 35.6 Å². The van der Waals surface area contributed by atoms with E-state index in [1.165, 1.54) is 17.4 Å². The lowest BCUT2D eigenvalue weighted by atomic mass is 9.99. The average Bonchev–Trinajstić information content (AvgIpc) is 2.85. The van der Waals surface area contributed by atoms with Crippen molar-refractivity contribution in [2.45, 2.75) is 12.8 Å². The number of hydrogen-bond donors (Lipinski definition) is 2. The minimum Gasteiger partial charge on any atom is -0.397 e. The molecule has 1 aromatic heterocycles. The summed E-state index contributed by atoms with van der Waals surface area (Å²) in [6.07, 6.45) is 1.80. The zero-order chi connectivity index (χ0) is 15.0. The lowest BCUT2D eigenvalue weighted by molar-refractivity contribution is 0.0626. The average molecular weight is 308 g/mol. The Morgan fingerprint density at radius 3 is 3.05 bits per heavy atom. The predicted octanol–water partition coefficient (Wildman–Crippen LogP) is 2.47. The van der Waals surface area contributed by atoms with Gasteiger partial charge in [0.05, 0.1) is 11.1 Å². The number of halogens is 1. The van der Waals surface area contributed by atoms with E-state index in [2.05, 4.69) is 0 Å². The number of aliphatic hydroxyl groups is 1. The molecule has 0 spiro atoms. The lowest BCUT2D eigenvalue weighted by Crippen LogP contribution is -2.40. The molecule has 112 valence electrons. The van der Waals surface area contributed by atoms with E-state index < -0.39 is 5.82 Å². The summed E-state index contributed by atoms with van der Waals surface area (Å²) in [4.78, 5) is 14.7. The van der Waals surface area contributed by atoms with Crippen molar-refractivity contribution in [3.05, 3.63) is 28.9 Å². The molecule has 1 fully saturated rings. The van der Waals surface area contributed by atoms with Gasteiger partial charge in [-0.05, 0) is 30.9 Å². The van der Waals surface area contributed by atoms with Crippen molar-refractivity contribution in [1.29, 1.82) is 0 Å². The second-order valence-electron chi connectivity index (χ2n) is 5.40. The summed E-state index contributed by atoms with van der Waals surface area (Å²) in [6, 6.07) is 4.73. The van der Waals surface area contributed by atoms with Gasteiger partial charge in [0.2, 0.25) is 0 Å². The van der Waals surface area contributed by atoms with Crippen LogP contribution in [0.25, 0.3) is 10.1 Å². The van der Waals surface area contributed by atoms with Crippen LogP contribution in [0.3, 0.4) is 0 Å². The number of nitrogen functional groups attached to an aromatic ring is 1. The summed E-state index contributed by atoms with van der Waals surface area (Å²) < 4.78 is 14.5. The fourth-order valence-electron chi connectivity index (χ4n) is 2.83. The number of carbonyl (C=O) groups excluding carboxylic acids is 1. The molecule has 1 aliphatic heterocycles. The maximum atomic E-state index is 13.9. The Morgan fingerprint density at radius 2 is 2.33 bits per heavy atom. The third-order valence-electron chi connectivity index (χ3n) is 3.96. The van der Waals surface area contributed by atoms with Gasteiger partial charge in [-0.2, -0.15) is 0 Å². The second kappa shape index (κ2) is 5.61. The number of carbonyl (C=O) groups is 1. The molecule has 0 saturated carbocycles. The second-order valence-corrected chi connectivity index (χ2v) is 6.45. The Kier molecular flexibility index (Phi) is 3.82. The molecule has 3 N–H and O–H groups in total. The summed E-state index contributed by atoms with van der Waals surface area (Å²) in [5.41, 5.74) is 6.21. The summed E-state index contributed by atoms with van der Waals surface area (Å²) >= 11 is 1.23. The molecule has 2 heterocycles. The van der Waals surface area contributed by atoms with Crippen molar-refractivity contribution in [3.8, 4) is 0 Å². The number of hydrogen-bond acceptors (Lipinski definition) is 4. The molecule has 21 heavy (non-hydrogen) atoms. The van der Waals surface area contributed by atoms with E-state index in [4.69, 9.17) is 5.73 Å². The van der Waals surface area contributed by atoms with Gasteiger partial charge < -0.3 is 15.7 Å². The highest BCUT2D eigenvalue weighted by Gasteiger charge is 2.27. The maximum Gasteiger partial charge on any atom is 0.266 e. The van der Waals surface area contributed by atoms with Crippen LogP contribution in [-0.2, 0) is 0 Å². The van der Waals surface area contributed by atoms with Crippen molar-refractivity contribution in [2.75, 3.05) is 25.4 Å². The molecule has 4 nitrogen and oxygen atoms in total. The van der Waals surface area contributed by atoms with E-state index in [0.29, 0.717) is 28.1 Å². The Hall–Kier alpha value is -1.66. The maximum absolute atomic E-state index is 13.9. The third-order valence-corrected chi connectivity index (χ3v) is 5.12. The smallest absolute Gasteiger partial charge is 0.266 e. The van der Waals surface area contributed by atoms with E-state index in [9.17, 15) is 14.3 Å². The lowest BCUT2D eigenvalue weighted by Gasteiger charge is -2.31. The summed E-state index contributed by atoms with van der Waals surface area (Å²) in [7, 11) is 0. The fourth-order valence-corrected chi connectivity index (χ4v) is 3.93. The van der Waals surface area contributed by atoms with Gasteiger partial charge in [-0.1, -0.05) is 6.07 Å². The van der Waals surface area contributed by atoms with Gasteiger partial charge in [-0.3, -0.25) is 4.79 Å². The van der Waals surface area contributed by atoms with Gasteiger partial charge in [-0.15, -0.1) is 11.3 Å². The number of amides is 1. The summed E-state index contributed by atoms with van der Waals surface area (Å²) in [5, 5.41) is 9.59. The quantitative estimate of drug-likeness (QED) is 0.895. The first-order chi connectivity index (χ1) is 10.1. The van der Waals surface area contributed by atoms with E-state index >= 15 is 0 Å². The molecule has 2 aromatic rings. The minimum absolute atomic E-state index is 0.0836. The normalized spacial score (nSPS) is 19.1. The number of nitrogens with two attached hydrogens (primary N) is 1. The van der Waals surface area contributed by atoms with Crippen molar-refractivity contribution in [1.82, 2.24) is 4.90 Å². The Balaban J connectivity index is 1.95. The van der Waals surface area contributed by atoms with Crippen LogP contribution in [0.1, 0.15) is 22.5 Å². The molecule has 1 saturated heterocycles. The van der Waals surface area contributed by atoms with Crippen molar-refractivity contribution < 1.29 is 14.3 Å². The van der Waals surface area contributed by atoms with Crippen molar-refractivity contribution in [3.63, 3.8) is 0 Å². The molecule has 3 rings (SSSR count). The molecule has 0 bridgehead atoms. The van der Waals surface area contributed by atoms with Crippen LogP contribution in [0.5, 0.6) is 0 Å². The van der Waals surface area contributed by atoms with Gasteiger partial charge in [0.15, 0.2) is 0 Å². The largest absolute Gasteiger partial charge is 0.397 e. The minimum atomic E-state index is -0.396. The van der Waals surface area contributed by atoms with Crippen LogP contribution in [0.2, 0.25) is 0 Å². The molecule has 1 aliphatic rings. The SMILES string of the molecule is Nc1c(C(=O)N2CCCC(CO)C2)sc2cccc(F)c12. The number of thiophene rings is 1. The Labute approximate surface area is 126 Å². The van der Waals surface area contributed by atoms with Crippen LogP contribution in [0.4, 0.5) is 10.1 Å². The highest BCUT2D eigenvalue weighted by Crippen LogP contribution is 2.36. The first kappa shape index (κ1) is 14.3. The monoisotopic (exact) mass is 308 g/mol. The van der Waals surface area contributed by atoms with Crippen LogP contribution >= 0.6 is 11.3 Å². The highest BCUT2D eigenvalue weighted by molar-refractivity contribution is 7.21. The molecule has 1 atom stereocenters.